The molecular weight excluding hydrogens is 341 g/mol. The Bertz CT molecular complexity index is 527. The van der Waals surface area contributed by atoms with E-state index in [2.05, 4.69) is 23.6 Å². The molecule has 0 saturated carbocycles. The van der Waals surface area contributed by atoms with Gasteiger partial charge in [0, 0.05) is 0 Å². The van der Waals surface area contributed by atoms with Gasteiger partial charge in [0.05, 0.1) is 0 Å². The number of unbranched alkanes of at least 4 members (excludes halogenated alkanes) is 5. The number of hydrogen-bond donors (Lipinski definition) is 4. The minimum absolute atomic E-state index is 0.157. The second-order valence-corrected chi connectivity index (χ2v) is 7.94. The molecule has 0 amide bonds. The van der Waals surface area contributed by atoms with Gasteiger partial charge in [-0.05, 0) is 36.8 Å². The first-order valence-electron chi connectivity index (χ1n) is 9.01. The van der Waals surface area contributed by atoms with E-state index in [1.165, 1.54) is 44.1 Å². The van der Waals surface area contributed by atoms with E-state index in [0.717, 1.165) is 12.0 Å². The Kier molecular flexibility index (Phi) is 9.87. The lowest BCUT2D eigenvalue weighted by Crippen LogP contribution is -2.44. The van der Waals surface area contributed by atoms with Gasteiger partial charge in [0.1, 0.15) is 12.3 Å². The average molecular weight is 373 g/mol. The Morgan fingerprint density at radius 2 is 1.52 bits per heavy atom. The lowest BCUT2D eigenvalue weighted by atomic mass is 10.00. The van der Waals surface area contributed by atoms with E-state index in [0.29, 0.717) is 6.42 Å². The Hall–Kier alpha value is -0.750. The van der Waals surface area contributed by atoms with Crippen LogP contribution < -0.4 is 5.73 Å². The number of phosphoric acid groups is 1. The zero-order valence-electron chi connectivity index (χ0n) is 15.1. The highest BCUT2D eigenvalue weighted by Crippen LogP contribution is 2.36. The van der Waals surface area contributed by atoms with Crippen LogP contribution in [0.5, 0.6) is 0 Å². The first-order valence-corrected chi connectivity index (χ1v) is 10.5. The third kappa shape index (κ3) is 11.5. The van der Waals surface area contributed by atoms with E-state index in [-0.39, 0.29) is 6.42 Å². The fraction of sp³-hybridized carbons (Fsp3) is 0.667. The van der Waals surface area contributed by atoms with E-state index in [4.69, 9.17) is 15.5 Å². The maximum atomic E-state index is 10.7. The lowest BCUT2D eigenvalue weighted by molar-refractivity contribution is -0.0155. The maximum Gasteiger partial charge on any atom is 0.469 e. The van der Waals surface area contributed by atoms with Crippen LogP contribution in [0, 0.1) is 0 Å². The van der Waals surface area contributed by atoms with Gasteiger partial charge in [0.25, 0.3) is 0 Å². The minimum atomic E-state index is -4.62. The largest absolute Gasteiger partial charge is 0.469 e. The quantitative estimate of drug-likeness (QED) is 0.240. The van der Waals surface area contributed by atoms with Gasteiger partial charge in [0.15, 0.2) is 0 Å². The molecular formula is C18H32NO5P. The van der Waals surface area contributed by atoms with Crippen LogP contribution in [0.4, 0.5) is 0 Å². The van der Waals surface area contributed by atoms with Crippen molar-refractivity contribution in [1.29, 1.82) is 0 Å². The summed E-state index contributed by atoms with van der Waals surface area (Å²) in [5.41, 5.74) is 6.16. The summed E-state index contributed by atoms with van der Waals surface area (Å²) in [6, 6.07) is 8.19. The van der Waals surface area contributed by atoms with Crippen molar-refractivity contribution in [2.45, 2.75) is 70.4 Å². The van der Waals surface area contributed by atoms with E-state index in [1.54, 1.807) is 0 Å². The van der Waals surface area contributed by atoms with E-state index in [9.17, 15) is 9.67 Å². The molecule has 1 rings (SSSR count). The number of aryl methyl sites for hydroxylation is 2. The number of phosphoric ester groups is 1. The summed E-state index contributed by atoms with van der Waals surface area (Å²) in [6.07, 6.45) is 9.42. The molecule has 1 aromatic rings. The zero-order valence-corrected chi connectivity index (χ0v) is 16.0. The molecule has 1 atom stereocenters. The Balaban J connectivity index is 2.30. The average Bonchev–Trinajstić information content (AvgIpc) is 2.55. The normalized spacial score (nSPS) is 14.4. The van der Waals surface area contributed by atoms with Crippen LogP contribution in [0.15, 0.2) is 24.3 Å². The number of hydrogen-bond acceptors (Lipinski definition) is 4. The fourth-order valence-electron chi connectivity index (χ4n) is 2.61. The first-order chi connectivity index (χ1) is 11.7. The fourth-order valence-corrected chi connectivity index (χ4v) is 3.00. The molecule has 0 radical (unpaired) electrons. The third-order valence-electron chi connectivity index (χ3n) is 4.17. The molecule has 0 heterocycles. The van der Waals surface area contributed by atoms with Crippen molar-refractivity contribution in [2.75, 3.05) is 6.61 Å². The smallest absolute Gasteiger partial charge is 0.374 e. The van der Waals surface area contributed by atoms with Crippen molar-refractivity contribution in [3.05, 3.63) is 35.4 Å². The predicted octanol–water partition coefficient (Wildman–Crippen LogP) is 3.28. The maximum absolute atomic E-state index is 10.7. The molecule has 0 aliphatic heterocycles. The number of benzene rings is 1. The highest BCUT2D eigenvalue weighted by Gasteiger charge is 2.26. The summed E-state index contributed by atoms with van der Waals surface area (Å²) in [4.78, 5) is 17.3. The predicted molar refractivity (Wildman–Crippen MR) is 99.0 cm³/mol. The highest BCUT2D eigenvalue weighted by atomic mass is 31.2. The van der Waals surface area contributed by atoms with Crippen LogP contribution in [0.3, 0.4) is 0 Å². The van der Waals surface area contributed by atoms with Gasteiger partial charge in [-0.3, -0.25) is 4.52 Å². The molecule has 144 valence electrons. The summed E-state index contributed by atoms with van der Waals surface area (Å²) < 4.78 is 14.9. The number of rotatable bonds is 13. The monoisotopic (exact) mass is 373 g/mol. The van der Waals surface area contributed by atoms with Gasteiger partial charge in [0.2, 0.25) is 0 Å². The molecule has 0 spiro atoms. The molecule has 25 heavy (non-hydrogen) atoms. The minimum Gasteiger partial charge on any atom is -0.374 e. The Labute approximate surface area is 150 Å². The molecule has 0 bridgehead atoms. The zero-order chi connectivity index (χ0) is 18.8. The summed E-state index contributed by atoms with van der Waals surface area (Å²) in [5, 5.41) is 9.91. The standard InChI is InChI=1S/C18H32NO5P/c1-2-3-4-5-6-7-8-16-9-11-17(12-10-16)13-14-18(19,20)15-24-25(21,22)23/h9-12,20H,2-8,13-15,19H2,1H3,(H2,21,22,23)/t18-/m0/s1. The van der Waals surface area contributed by atoms with E-state index >= 15 is 0 Å². The van der Waals surface area contributed by atoms with Crippen LogP contribution in [-0.2, 0) is 21.9 Å². The summed E-state index contributed by atoms with van der Waals surface area (Å²) >= 11 is 0. The molecule has 0 saturated heterocycles. The molecule has 1 aromatic carbocycles. The van der Waals surface area contributed by atoms with Gasteiger partial charge < -0.3 is 20.6 Å². The Morgan fingerprint density at radius 3 is 2.08 bits per heavy atom. The molecule has 0 aromatic heterocycles. The van der Waals surface area contributed by atoms with Crippen LogP contribution in [0.1, 0.15) is 63.0 Å². The molecule has 0 fully saturated rings. The molecule has 7 heteroatoms. The van der Waals surface area contributed by atoms with Gasteiger partial charge in [-0.2, -0.15) is 0 Å². The third-order valence-corrected chi connectivity index (χ3v) is 4.64. The first kappa shape index (κ1) is 22.3. The van der Waals surface area contributed by atoms with Gasteiger partial charge in [-0.1, -0.05) is 63.3 Å². The van der Waals surface area contributed by atoms with Crippen molar-refractivity contribution >= 4 is 7.82 Å². The van der Waals surface area contributed by atoms with Crippen molar-refractivity contribution in [3.8, 4) is 0 Å². The number of aliphatic hydroxyl groups is 1. The van der Waals surface area contributed by atoms with Crippen LogP contribution in [0.25, 0.3) is 0 Å². The highest BCUT2D eigenvalue weighted by molar-refractivity contribution is 7.46. The molecule has 5 N–H and O–H groups in total. The van der Waals surface area contributed by atoms with Crippen LogP contribution >= 0.6 is 7.82 Å². The summed E-state index contributed by atoms with van der Waals surface area (Å²) in [7, 11) is -4.62. The molecule has 0 aliphatic carbocycles. The Morgan fingerprint density at radius 1 is 1.00 bits per heavy atom. The lowest BCUT2D eigenvalue weighted by Gasteiger charge is -2.23. The van der Waals surface area contributed by atoms with E-state index < -0.39 is 20.2 Å². The second kappa shape index (κ2) is 11.1. The van der Waals surface area contributed by atoms with Crippen molar-refractivity contribution in [3.63, 3.8) is 0 Å². The van der Waals surface area contributed by atoms with Crippen molar-refractivity contribution < 1.29 is 24.0 Å². The van der Waals surface area contributed by atoms with Crippen molar-refractivity contribution in [1.82, 2.24) is 0 Å². The molecule has 0 aliphatic rings. The van der Waals surface area contributed by atoms with Gasteiger partial charge in [-0.15, -0.1) is 0 Å². The van der Waals surface area contributed by atoms with Gasteiger partial charge in [-0.25, -0.2) is 4.57 Å². The van der Waals surface area contributed by atoms with Crippen LogP contribution in [0.2, 0.25) is 0 Å². The van der Waals surface area contributed by atoms with E-state index in [1.807, 2.05) is 12.1 Å². The summed E-state index contributed by atoms with van der Waals surface area (Å²) in [6.45, 7) is 1.62. The molecule has 6 nitrogen and oxygen atoms in total. The van der Waals surface area contributed by atoms with Gasteiger partial charge >= 0.3 is 7.82 Å². The van der Waals surface area contributed by atoms with Crippen molar-refractivity contribution in [2.24, 2.45) is 5.73 Å². The second-order valence-electron chi connectivity index (χ2n) is 6.70. The topological polar surface area (TPSA) is 113 Å². The number of nitrogens with two attached hydrogens (primary N) is 1. The molecule has 0 unspecified atom stereocenters. The SMILES string of the molecule is CCCCCCCCc1ccc(CC[C@](N)(O)COP(=O)(O)O)cc1. The van der Waals surface area contributed by atoms with Crippen LogP contribution in [-0.4, -0.2) is 27.2 Å². The summed E-state index contributed by atoms with van der Waals surface area (Å²) in [5.74, 6) is 0.